The van der Waals surface area contributed by atoms with Gasteiger partial charge in [0.25, 0.3) is 0 Å². The normalized spacial score (nSPS) is 10.9. The van der Waals surface area contributed by atoms with Crippen LogP contribution in [0.3, 0.4) is 0 Å². The van der Waals surface area contributed by atoms with E-state index in [0.29, 0.717) is 21.3 Å². The summed E-state index contributed by atoms with van der Waals surface area (Å²) in [5, 5.41) is 13.8. The van der Waals surface area contributed by atoms with Gasteiger partial charge in [-0.05, 0) is 35.5 Å². The van der Waals surface area contributed by atoms with Crippen molar-refractivity contribution in [1.29, 1.82) is 0 Å². The van der Waals surface area contributed by atoms with E-state index >= 15 is 0 Å². The second kappa shape index (κ2) is 4.77. The summed E-state index contributed by atoms with van der Waals surface area (Å²) in [7, 11) is 0. The van der Waals surface area contributed by atoms with Crippen molar-refractivity contribution >= 4 is 34.7 Å². The summed E-state index contributed by atoms with van der Waals surface area (Å²) in [5.41, 5.74) is 1.09. The van der Waals surface area contributed by atoms with Crippen molar-refractivity contribution < 1.29 is 5.11 Å². The van der Waals surface area contributed by atoms with Crippen molar-refractivity contribution in [2.45, 2.75) is 0 Å². The first-order chi connectivity index (χ1) is 9.60. The molecule has 0 fully saturated rings. The highest BCUT2D eigenvalue weighted by atomic mass is 35.5. The number of nitroso groups, excluding NO2 is 1. The third-order valence-corrected chi connectivity index (χ3v) is 3.32. The highest BCUT2D eigenvalue weighted by Gasteiger charge is 2.18. The lowest BCUT2D eigenvalue weighted by atomic mass is 10.1. The van der Waals surface area contributed by atoms with Crippen molar-refractivity contribution in [1.82, 2.24) is 9.38 Å². The maximum Gasteiger partial charge on any atom is 0.209 e. The number of hydrogen-bond acceptors (Lipinski definition) is 4. The van der Waals surface area contributed by atoms with Gasteiger partial charge in [0.1, 0.15) is 17.1 Å². The molecular formula is C13H7Cl2N3O2. The van der Waals surface area contributed by atoms with Gasteiger partial charge in [-0.2, -0.15) is 0 Å². The fourth-order valence-corrected chi connectivity index (χ4v) is 2.30. The van der Waals surface area contributed by atoms with Crippen LogP contribution in [0.15, 0.2) is 41.7 Å². The van der Waals surface area contributed by atoms with Crippen LogP contribution < -0.4 is 0 Å². The molecule has 1 aromatic carbocycles. The molecule has 0 bridgehead atoms. The number of phenols is 1. The monoisotopic (exact) mass is 307 g/mol. The van der Waals surface area contributed by atoms with Gasteiger partial charge in [0.2, 0.25) is 5.82 Å². The van der Waals surface area contributed by atoms with Gasteiger partial charge in [-0.3, -0.25) is 4.40 Å². The number of pyridine rings is 1. The largest absolute Gasteiger partial charge is 0.507 e. The minimum atomic E-state index is -0.0335. The van der Waals surface area contributed by atoms with E-state index in [9.17, 15) is 10.0 Å². The maximum absolute atomic E-state index is 11.1. The minimum Gasteiger partial charge on any atom is -0.507 e. The Morgan fingerprint density at radius 2 is 1.90 bits per heavy atom. The number of aromatic hydroxyl groups is 1. The molecule has 3 aromatic rings. The van der Waals surface area contributed by atoms with Gasteiger partial charge in [0.15, 0.2) is 0 Å². The zero-order valence-corrected chi connectivity index (χ0v) is 11.4. The molecule has 0 aliphatic heterocycles. The number of fused-ring (bicyclic) bond motifs is 1. The number of phenolic OH excluding ortho intramolecular Hbond substituents is 1. The molecule has 7 heteroatoms. The summed E-state index contributed by atoms with van der Waals surface area (Å²) in [6, 6.07) is 7.81. The second-order valence-corrected chi connectivity index (χ2v) is 4.99. The molecule has 0 saturated heterocycles. The summed E-state index contributed by atoms with van der Waals surface area (Å²) in [4.78, 5) is 15.4. The Bertz CT molecular complexity index is 830. The lowest BCUT2D eigenvalue weighted by Crippen LogP contribution is -1.83. The van der Waals surface area contributed by atoms with Crippen molar-refractivity contribution in [2.75, 3.05) is 0 Å². The summed E-state index contributed by atoms with van der Waals surface area (Å²) < 4.78 is 1.46. The molecule has 2 heterocycles. The summed E-state index contributed by atoms with van der Waals surface area (Å²) in [6.07, 6.45) is 1.53. The first kappa shape index (κ1) is 12.9. The predicted octanol–water partition coefficient (Wildman–Crippen LogP) is 4.41. The SMILES string of the molecule is O=Nc1c(-c2cc(Cl)ccc2O)nc2ccc(Cl)cn12. The lowest BCUT2D eigenvalue weighted by Gasteiger charge is -2.02. The van der Waals surface area contributed by atoms with Gasteiger partial charge < -0.3 is 5.11 Å². The van der Waals surface area contributed by atoms with Crippen LogP contribution in [-0.4, -0.2) is 14.5 Å². The van der Waals surface area contributed by atoms with Gasteiger partial charge in [-0.1, -0.05) is 23.2 Å². The molecule has 0 aliphatic rings. The average Bonchev–Trinajstić information content (AvgIpc) is 2.79. The van der Waals surface area contributed by atoms with E-state index < -0.39 is 0 Å². The number of benzene rings is 1. The summed E-state index contributed by atoms with van der Waals surface area (Å²) in [5.74, 6) is 0.0221. The molecule has 100 valence electrons. The molecule has 0 unspecified atom stereocenters. The quantitative estimate of drug-likeness (QED) is 0.713. The van der Waals surface area contributed by atoms with E-state index in [0.717, 1.165) is 0 Å². The molecule has 20 heavy (non-hydrogen) atoms. The van der Waals surface area contributed by atoms with E-state index in [1.807, 2.05) is 0 Å². The number of nitrogens with zero attached hydrogens (tertiary/aromatic N) is 3. The van der Waals surface area contributed by atoms with E-state index in [1.54, 1.807) is 18.2 Å². The van der Waals surface area contributed by atoms with Gasteiger partial charge in [-0.25, -0.2) is 4.98 Å². The Morgan fingerprint density at radius 1 is 1.15 bits per heavy atom. The van der Waals surface area contributed by atoms with Crippen LogP contribution in [0.2, 0.25) is 10.0 Å². The Balaban J connectivity index is 2.36. The fourth-order valence-electron chi connectivity index (χ4n) is 1.97. The zero-order valence-electron chi connectivity index (χ0n) is 9.92. The molecule has 5 nitrogen and oxygen atoms in total. The summed E-state index contributed by atoms with van der Waals surface area (Å²) >= 11 is 11.8. The highest BCUT2D eigenvalue weighted by molar-refractivity contribution is 6.31. The Morgan fingerprint density at radius 3 is 2.65 bits per heavy atom. The fraction of sp³-hybridized carbons (Fsp3) is 0. The predicted molar refractivity (Wildman–Crippen MR) is 77.8 cm³/mol. The van der Waals surface area contributed by atoms with Crippen LogP contribution in [0.1, 0.15) is 0 Å². The number of hydrogen-bond donors (Lipinski definition) is 1. The smallest absolute Gasteiger partial charge is 0.209 e. The average molecular weight is 308 g/mol. The molecule has 0 aliphatic carbocycles. The molecule has 0 atom stereocenters. The van der Waals surface area contributed by atoms with Crippen LogP contribution in [0, 0.1) is 4.91 Å². The van der Waals surface area contributed by atoms with Gasteiger partial charge in [0.05, 0.1) is 5.02 Å². The highest BCUT2D eigenvalue weighted by Crippen LogP contribution is 2.37. The first-order valence-electron chi connectivity index (χ1n) is 5.60. The maximum atomic E-state index is 11.1. The summed E-state index contributed by atoms with van der Waals surface area (Å²) in [6.45, 7) is 0. The van der Waals surface area contributed by atoms with Gasteiger partial charge >= 0.3 is 0 Å². The molecule has 0 saturated carbocycles. The number of aromatic nitrogens is 2. The van der Waals surface area contributed by atoms with Crippen LogP contribution in [0.4, 0.5) is 5.82 Å². The third-order valence-electron chi connectivity index (χ3n) is 2.86. The van der Waals surface area contributed by atoms with E-state index in [4.69, 9.17) is 23.2 Å². The Kier molecular flexibility index (Phi) is 3.08. The van der Waals surface area contributed by atoms with Gasteiger partial charge in [-0.15, -0.1) is 4.91 Å². The third kappa shape index (κ3) is 2.01. The van der Waals surface area contributed by atoms with E-state index in [-0.39, 0.29) is 17.3 Å². The molecular weight excluding hydrogens is 301 g/mol. The molecule has 0 radical (unpaired) electrons. The van der Waals surface area contributed by atoms with Crippen LogP contribution in [0.5, 0.6) is 5.75 Å². The minimum absolute atomic E-state index is 0.0335. The number of imidazole rings is 1. The number of halogens is 2. The zero-order chi connectivity index (χ0) is 14.3. The lowest BCUT2D eigenvalue weighted by molar-refractivity contribution is 0.477. The van der Waals surface area contributed by atoms with Crippen LogP contribution in [-0.2, 0) is 0 Å². The Hall–Kier alpha value is -2.11. The number of rotatable bonds is 2. The molecule has 1 N–H and O–H groups in total. The second-order valence-electron chi connectivity index (χ2n) is 4.11. The van der Waals surface area contributed by atoms with Gasteiger partial charge in [0, 0.05) is 16.8 Å². The first-order valence-corrected chi connectivity index (χ1v) is 6.35. The van der Waals surface area contributed by atoms with E-state index in [1.165, 1.54) is 22.7 Å². The molecule has 0 amide bonds. The van der Waals surface area contributed by atoms with Crippen LogP contribution in [0.25, 0.3) is 16.9 Å². The van der Waals surface area contributed by atoms with Crippen molar-refractivity contribution in [3.8, 4) is 17.0 Å². The molecule has 0 spiro atoms. The van der Waals surface area contributed by atoms with Crippen molar-refractivity contribution in [3.63, 3.8) is 0 Å². The van der Waals surface area contributed by atoms with Crippen molar-refractivity contribution in [3.05, 3.63) is 51.5 Å². The van der Waals surface area contributed by atoms with Crippen molar-refractivity contribution in [2.24, 2.45) is 5.18 Å². The van der Waals surface area contributed by atoms with E-state index in [2.05, 4.69) is 10.2 Å². The topological polar surface area (TPSA) is 67.0 Å². The Labute approximate surface area is 123 Å². The molecule has 3 rings (SSSR count). The standard InChI is InChI=1S/C13H7Cl2N3O2/c14-7-1-3-10(19)9(5-7)12-13(17-20)18-6-8(15)2-4-11(18)16-12/h1-6,19H. The van der Waals surface area contributed by atoms with Crippen LogP contribution >= 0.6 is 23.2 Å². The molecule has 2 aromatic heterocycles.